The van der Waals surface area contributed by atoms with E-state index in [-0.39, 0.29) is 5.91 Å². The zero-order chi connectivity index (χ0) is 13.6. The molecule has 0 aliphatic carbocycles. The molecule has 0 aromatic carbocycles. The third kappa shape index (κ3) is 2.16. The number of nitrogens with zero attached hydrogens (tertiary/aromatic N) is 5. The molecule has 2 aromatic rings. The fraction of sp³-hybridized carbons (Fsp3) is 0.500. The van der Waals surface area contributed by atoms with E-state index in [1.54, 1.807) is 22.8 Å². The number of rotatable bonds is 2. The Morgan fingerprint density at radius 2 is 2.26 bits per heavy atom. The van der Waals surface area contributed by atoms with Crippen molar-refractivity contribution in [3.63, 3.8) is 0 Å². The van der Waals surface area contributed by atoms with Gasteiger partial charge in [0.1, 0.15) is 5.15 Å². The molecule has 19 heavy (non-hydrogen) atoms. The lowest BCUT2D eigenvalue weighted by Gasteiger charge is -2.14. The van der Waals surface area contributed by atoms with Gasteiger partial charge in [0.15, 0.2) is 11.5 Å². The monoisotopic (exact) mass is 279 g/mol. The first kappa shape index (κ1) is 12.3. The normalized spacial score (nSPS) is 19.6. The van der Waals surface area contributed by atoms with Gasteiger partial charge in [-0.15, -0.1) is 0 Å². The van der Waals surface area contributed by atoms with E-state index in [1.165, 1.54) is 0 Å². The molecule has 7 heteroatoms. The van der Waals surface area contributed by atoms with Gasteiger partial charge >= 0.3 is 0 Å². The van der Waals surface area contributed by atoms with E-state index in [9.17, 15) is 4.79 Å². The van der Waals surface area contributed by atoms with Crippen molar-refractivity contribution >= 4 is 28.5 Å². The van der Waals surface area contributed by atoms with Gasteiger partial charge in [-0.05, 0) is 5.92 Å². The SMILES string of the molecule is CC1CC(=O)N(Cc2nc(Cl)c3cnn(C)c3n2)C1. The van der Waals surface area contributed by atoms with Gasteiger partial charge in [0.05, 0.1) is 18.1 Å². The molecule has 1 fully saturated rings. The molecule has 1 unspecified atom stereocenters. The van der Waals surface area contributed by atoms with Crippen LogP contribution in [0.25, 0.3) is 11.0 Å². The van der Waals surface area contributed by atoms with Crippen molar-refractivity contribution in [3.8, 4) is 0 Å². The molecule has 1 amide bonds. The highest BCUT2D eigenvalue weighted by Crippen LogP contribution is 2.22. The van der Waals surface area contributed by atoms with Crippen LogP contribution in [0.2, 0.25) is 5.15 Å². The van der Waals surface area contributed by atoms with E-state index in [0.29, 0.717) is 35.5 Å². The number of carbonyl (C=O) groups excluding carboxylic acids is 1. The molecule has 0 saturated carbocycles. The van der Waals surface area contributed by atoms with Gasteiger partial charge in [0.2, 0.25) is 5.91 Å². The van der Waals surface area contributed by atoms with E-state index < -0.39 is 0 Å². The molecule has 1 aliphatic rings. The summed E-state index contributed by atoms with van der Waals surface area (Å²) in [7, 11) is 1.80. The van der Waals surface area contributed by atoms with Gasteiger partial charge in [0.25, 0.3) is 0 Å². The number of hydrogen-bond acceptors (Lipinski definition) is 4. The summed E-state index contributed by atoms with van der Waals surface area (Å²) in [5.41, 5.74) is 0.690. The zero-order valence-corrected chi connectivity index (χ0v) is 11.6. The number of aromatic nitrogens is 4. The second-order valence-electron chi connectivity index (χ2n) is 5.02. The molecule has 2 aromatic heterocycles. The maximum absolute atomic E-state index is 11.8. The third-order valence-corrected chi connectivity index (χ3v) is 3.62. The topological polar surface area (TPSA) is 63.9 Å². The minimum atomic E-state index is 0.150. The lowest BCUT2D eigenvalue weighted by atomic mass is 10.2. The minimum absolute atomic E-state index is 0.150. The maximum atomic E-state index is 11.8. The van der Waals surface area contributed by atoms with E-state index in [0.717, 1.165) is 11.9 Å². The molecule has 0 spiro atoms. The van der Waals surface area contributed by atoms with Crippen molar-refractivity contribution in [1.29, 1.82) is 0 Å². The second-order valence-corrected chi connectivity index (χ2v) is 5.38. The van der Waals surface area contributed by atoms with E-state index >= 15 is 0 Å². The van der Waals surface area contributed by atoms with Crippen molar-refractivity contribution in [3.05, 3.63) is 17.2 Å². The number of aryl methyl sites for hydroxylation is 1. The van der Waals surface area contributed by atoms with Crippen molar-refractivity contribution in [2.45, 2.75) is 19.9 Å². The summed E-state index contributed by atoms with van der Waals surface area (Å²) in [5.74, 6) is 1.10. The van der Waals surface area contributed by atoms with Crippen LogP contribution in [0, 0.1) is 5.92 Å². The van der Waals surface area contributed by atoms with Crippen LogP contribution in [-0.2, 0) is 18.4 Å². The molecule has 1 atom stereocenters. The zero-order valence-electron chi connectivity index (χ0n) is 10.8. The van der Waals surface area contributed by atoms with Gasteiger partial charge in [-0.25, -0.2) is 9.97 Å². The third-order valence-electron chi connectivity index (χ3n) is 3.33. The van der Waals surface area contributed by atoms with Crippen molar-refractivity contribution in [1.82, 2.24) is 24.6 Å². The van der Waals surface area contributed by atoms with Crippen LogP contribution in [0.5, 0.6) is 0 Å². The molecular weight excluding hydrogens is 266 g/mol. The smallest absolute Gasteiger partial charge is 0.223 e. The summed E-state index contributed by atoms with van der Waals surface area (Å²) in [6.07, 6.45) is 2.24. The summed E-state index contributed by atoms with van der Waals surface area (Å²) < 4.78 is 1.65. The van der Waals surface area contributed by atoms with E-state index in [1.807, 2.05) is 0 Å². The first-order valence-corrected chi connectivity index (χ1v) is 6.54. The van der Waals surface area contributed by atoms with Gasteiger partial charge in [-0.3, -0.25) is 9.48 Å². The Balaban J connectivity index is 1.93. The predicted molar refractivity (Wildman–Crippen MR) is 70.5 cm³/mol. The molecule has 0 N–H and O–H groups in total. The minimum Gasteiger partial charge on any atom is -0.335 e. The fourth-order valence-electron chi connectivity index (χ4n) is 2.39. The van der Waals surface area contributed by atoms with E-state index in [2.05, 4.69) is 22.0 Å². The molecule has 3 heterocycles. The quantitative estimate of drug-likeness (QED) is 0.779. The predicted octanol–water partition coefficient (Wildman–Crippen LogP) is 1.39. The van der Waals surface area contributed by atoms with Gasteiger partial charge in [0, 0.05) is 20.0 Å². The average molecular weight is 280 g/mol. The second kappa shape index (κ2) is 4.45. The fourth-order valence-corrected chi connectivity index (χ4v) is 2.62. The van der Waals surface area contributed by atoms with Crippen LogP contribution in [0.1, 0.15) is 19.2 Å². The Kier molecular flexibility index (Phi) is 2.89. The summed E-state index contributed by atoms with van der Waals surface area (Å²) in [5, 5.41) is 5.22. The van der Waals surface area contributed by atoms with Gasteiger partial charge < -0.3 is 4.90 Å². The Morgan fingerprint density at radius 1 is 1.47 bits per heavy atom. The molecule has 0 radical (unpaired) electrons. The first-order chi connectivity index (χ1) is 9.04. The number of fused-ring (bicyclic) bond motifs is 1. The summed E-state index contributed by atoms with van der Waals surface area (Å²) in [4.78, 5) is 22.2. The van der Waals surface area contributed by atoms with Crippen LogP contribution < -0.4 is 0 Å². The summed E-state index contributed by atoms with van der Waals surface area (Å²) in [6.45, 7) is 3.23. The number of hydrogen-bond donors (Lipinski definition) is 0. The van der Waals surface area contributed by atoms with Crippen molar-refractivity contribution < 1.29 is 4.79 Å². The molecule has 3 rings (SSSR count). The standard InChI is InChI=1S/C12H14ClN5O/c1-7-3-10(19)18(5-7)6-9-15-11(13)8-4-14-17(2)12(8)16-9/h4,7H,3,5-6H2,1-2H3. The Morgan fingerprint density at radius 3 is 2.95 bits per heavy atom. The van der Waals surface area contributed by atoms with Crippen molar-refractivity contribution in [2.24, 2.45) is 13.0 Å². The molecule has 100 valence electrons. The van der Waals surface area contributed by atoms with Crippen LogP contribution in [0.15, 0.2) is 6.20 Å². The lowest BCUT2D eigenvalue weighted by molar-refractivity contribution is -0.128. The number of amides is 1. The molecule has 6 nitrogen and oxygen atoms in total. The highest BCUT2D eigenvalue weighted by atomic mass is 35.5. The van der Waals surface area contributed by atoms with Gasteiger partial charge in [-0.1, -0.05) is 18.5 Å². The molecule has 1 aliphatic heterocycles. The van der Waals surface area contributed by atoms with Crippen LogP contribution in [0.3, 0.4) is 0 Å². The van der Waals surface area contributed by atoms with Crippen LogP contribution in [0.4, 0.5) is 0 Å². The largest absolute Gasteiger partial charge is 0.335 e. The average Bonchev–Trinajstić information content (AvgIpc) is 2.84. The Hall–Kier alpha value is -1.69. The Labute approximate surface area is 115 Å². The van der Waals surface area contributed by atoms with E-state index in [4.69, 9.17) is 11.6 Å². The maximum Gasteiger partial charge on any atom is 0.223 e. The summed E-state index contributed by atoms with van der Waals surface area (Å²) in [6, 6.07) is 0. The van der Waals surface area contributed by atoms with Gasteiger partial charge in [-0.2, -0.15) is 5.10 Å². The van der Waals surface area contributed by atoms with Crippen LogP contribution >= 0.6 is 11.6 Å². The van der Waals surface area contributed by atoms with Crippen molar-refractivity contribution in [2.75, 3.05) is 6.54 Å². The first-order valence-electron chi connectivity index (χ1n) is 6.16. The number of halogens is 1. The lowest BCUT2D eigenvalue weighted by Crippen LogP contribution is -2.25. The molecule has 0 bridgehead atoms. The number of likely N-dealkylation sites (tertiary alicyclic amines) is 1. The Bertz CT molecular complexity index is 653. The molecular formula is C12H14ClN5O. The highest BCUT2D eigenvalue weighted by molar-refractivity contribution is 6.33. The number of carbonyl (C=O) groups is 1. The van der Waals surface area contributed by atoms with Crippen LogP contribution in [-0.4, -0.2) is 37.1 Å². The summed E-state index contributed by atoms with van der Waals surface area (Å²) >= 11 is 6.12. The highest BCUT2D eigenvalue weighted by Gasteiger charge is 2.27. The molecule has 1 saturated heterocycles.